The number of nitrogens with two attached hydrogens (primary N) is 1. The molecule has 0 spiro atoms. The minimum absolute atomic E-state index is 0.264. The van der Waals surface area contributed by atoms with Crippen LogP contribution in [0.4, 0.5) is 16.2 Å². The Labute approximate surface area is 137 Å². The molecule has 2 rings (SSSR count). The van der Waals surface area contributed by atoms with Crippen LogP contribution in [0.15, 0.2) is 48.5 Å². The highest BCUT2D eigenvalue weighted by atomic mass is 16.2. The Kier molecular flexibility index (Phi) is 5.11. The average molecular weight is 312 g/mol. The second-order valence-electron chi connectivity index (χ2n) is 5.91. The maximum atomic E-state index is 11.4. The van der Waals surface area contributed by atoms with Gasteiger partial charge in [-0.05, 0) is 35.4 Å². The maximum absolute atomic E-state index is 11.4. The number of nitrogens with one attached hydrogen (secondary N) is 1. The topological polar surface area (TPSA) is 61.6 Å². The molecule has 0 radical (unpaired) electrons. The van der Waals surface area contributed by atoms with Crippen LogP contribution in [0.2, 0.25) is 0 Å². The zero-order valence-electron chi connectivity index (χ0n) is 14.1. The van der Waals surface area contributed by atoms with Crippen LogP contribution in [0, 0.1) is 0 Å². The van der Waals surface area contributed by atoms with Crippen LogP contribution in [0.25, 0.3) is 0 Å². The molecule has 23 heavy (non-hydrogen) atoms. The number of primary amides is 1. The standard InChI is InChI=1S/C18H24N4O/c1-21(2)15-9-5-13(6-10-15)17(20-18(19)23)14-7-11-16(12-8-14)22(3)4/h5-12,17H,1-4H3,(H3,19,20,23). The van der Waals surface area contributed by atoms with E-state index in [2.05, 4.69) is 5.32 Å². The van der Waals surface area contributed by atoms with Crippen molar-refractivity contribution in [2.45, 2.75) is 6.04 Å². The first-order valence-electron chi connectivity index (χ1n) is 7.49. The van der Waals surface area contributed by atoms with Crippen molar-refractivity contribution >= 4 is 17.4 Å². The lowest BCUT2D eigenvalue weighted by atomic mass is 9.98. The normalized spacial score (nSPS) is 10.5. The van der Waals surface area contributed by atoms with E-state index in [1.54, 1.807) is 0 Å². The molecular formula is C18H24N4O. The van der Waals surface area contributed by atoms with Crippen LogP contribution in [-0.4, -0.2) is 34.2 Å². The molecule has 0 aliphatic carbocycles. The molecule has 2 amide bonds. The molecule has 122 valence electrons. The summed E-state index contributed by atoms with van der Waals surface area (Å²) in [6.07, 6.45) is 0. The summed E-state index contributed by atoms with van der Waals surface area (Å²) >= 11 is 0. The Balaban J connectivity index is 2.34. The molecule has 0 heterocycles. The summed E-state index contributed by atoms with van der Waals surface area (Å²) in [6.45, 7) is 0. The van der Waals surface area contributed by atoms with E-state index in [1.807, 2.05) is 86.5 Å². The Hall–Kier alpha value is -2.69. The van der Waals surface area contributed by atoms with Gasteiger partial charge in [0.05, 0.1) is 6.04 Å². The Morgan fingerprint density at radius 1 is 0.826 bits per heavy atom. The molecule has 0 aliphatic rings. The molecule has 0 aliphatic heterocycles. The van der Waals surface area contributed by atoms with Crippen molar-refractivity contribution in [2.75, 3.05) is 38.0 Å². The SMILES string of the molecule is CN(C)c1ccc(C(NC(N)=O)c2ccc(N(C)C)cc2)cc1. The van der Waals surface area contributed by atoms with Crippen molar-refractivity contribution < 1.29 is 4.79 Å². The van der Waals surface area contributed by atoms with Gasteiger partial charge in [-0.3, -0.25) is 0 Å². The van der Waals surface area contributed by atoms with E-state index >= 15 is 0 Å². The van der Waals surface area contributed by atoms with Gasteiger partial charge in [-0.15, -0.1) is 0 Å². The number of amides is 2. The van der Waals surface area contributed by atoms with Crippen LogP contribution >= 0.6 is 0 Å². The van der Waals surface area contributed by atoms with Crippen LogP contribution in [-0.2, 0) is 0 Å². The van der Waals surface area contributed by atoms with Gasteiger partial charge < -0.3 is 20.9 Å². The average Bonchev–Trinajstić information content (AvgIpc) is 2.52. The van der Waals surface area contributed by atoms with Gasteiger partial charge in [-0.1, -0.05) is 24.3 Å². The Bertz CT molecular complexity index is 596. The zero-order chi connectivity index (χ0) is 17.0. The number of carbonyl (C=O) groups excluding carboxylic acids is 1. The molecule has 0 fully saturated rings. The quantitative estimate of drug-likeness (QED) is 0.892. The third-order valence-corrected chi connectivity index (χ3v) is 3.77. The van der Waals surface area contributed by atoms with Gasteiger partial charge in [0.2, 0.25) is 0 Å². The molecule has 0 bridgehead atoms. The van der Waals surface area contributed by atoms with E-state index in [0.717, 1.165) is 22.5 Å². The molecule has 0 aromatic heterocycles. The Morgan fingerprint density at radius 3 is 1.43 bits per heavy atom. The lowest BCUT2D eigenvalue weighted by Crippen LogP contribution is -2.33. The number of nitrogens with zero attached hydrogens (tertiary/aromatic N) is 2. The number of anilines is 2. The first-order valence-corrected chi connectivity index (χ1v) is 7.49. The molecule has 5 nitrogen and oxygen atoms in total. The molecule has 0 unspecified atom stereocenters. The number of rotatable bonds is 5. The van der Waals surface area contributed by atoms with Crippen molar-refractivity contribution in [3.05, 3.63) is 59.7 Å². The van der Waals surface area contributed by atoms with Gasteiger partial charge in [0, 0.05) is 39.6 Å². The van der Waals surface area contributed by atoms with Gasteiger partial charge in [0.25, 0.3) is 0 Å². The monoisotopic (exact) mass is 312 g/mol. The minimum Gasteiger partial charge on any atom is -0.378 e. The van der Waals surface area contributed by atoms with E-state index in [-0.39, 0.29) is 6.04 Å². The summed E-state index contributed by atoms with van der Waals surface area (Å²) in [6, 6.07) is 15.3. The van der Waals surface area contributed by atoms with Crippen LogP contribution in [0.5, 0.6) is 0 Å². The van der Waals surface area contributed by atoms with E-state index in [9.17, 15) is 4.79 Å². The van der Waals surface area contributed by atoms with Gasteiger partial charge >= 0.3 is 6.03 Å². The summed E-state index contributed by atoms with van der Waals surface area (Å²) < 4.78 is 0. The molecule has 2 aromatic carbocycles. The summed E-state index contributed by atoms with van der Waals surface area (Å²) in [5, 5.41) is 2.82. The van der Waals surface area contributed by atoms with Crippen molar-refractivity contribution in [2.24, 2.45) is 5.73 Å². The van der Waals surface area contributed by atoms with Crippen molar-refractivity contribution in [1.29, 1.82) is 0 Å². The first-order chi connectivity index (χ1) is 10.9. The van der Waals surface area contributed by atoms with Crippen LogP contribution in [0.1, 0.15) is 17.2 Å². The predicted octanol–water partition coefficient (Wildman–Crippen LogP) is 2.58. The van der Waals surface area contributed by atoms with Crippen molar-refractivity contribution in [1.82, 2.24) is 5.32 Å². The summed E-state index contributed by atoms with van der Waals surface area (Å²) in [5.41, 5.74) is 9.56. The van der Waals surface area contributed by atoms with Crippen LogP contribution in [0.3, 0.4) is 0 Å². The fourth-order valence-corrected chi connectivity index (χ4v) is 2.43. The fraction of sp³-hybridized carbons (Fsp3) is 0.278. The number of urea groups is 1. The number of benzene rings is 2. The third-order valence-electron chi connectivity index (χ3n) is 3.77. The first kappa shape index (κ1) is 16.7. The minimum atomic E-state index is -0.539. The summed E-state index contributed by atoms with van der Waals surface area (Å²) in [4.78, 5) is 15.5. The lowest BCUT2D eigenvalue weighted by Gasteiger charge is -2.21. The molecule has 0 saturated heterocycles. The lowest BCUT2D eigenvalue weighted by molar-refractivity contribution is 0.247. The highest BCUT2D eigenvalue weighted by molar-refractivity contribution is 5.73. The number of hydrogen-bond acceptors (Lipinski definition) is 3. The van der Waals surface area contributed by atoms with Gasteiger partial charge in [0.15, 0.2) is 0 Å². The molecule has 5 heteroatoms. The predicted molar refractivity (Wildman–Crippen MR) is 96.1 cm³/mol. The molecular weight excluding hydrogens is 288 g/mol. The maximum Gasteiger partial charge on any atom is 0.312 e. The zero-order valence-corrected chi connectivity index (χ0v) is 14.1. The molecule has 2 aromatic rings. The smallest absolute Gasteiger partial charge is 0.312 e. The van der Waals surface area contributed by atoms with E-state index in [1.165, 1.54) is 0 Å². The molecule has 3 N–H and O–H groups in total. The van der Waals surface area contributed by atoms with E-state index in [0.29, 0.717) is 0 Å². The molecule has 0 saturated carbocycles. The molecule has 0 atom stereocenters. The summed E-state index contributed by atoms with van der Waals surface area (Å²) in [5.74, 6) is 0. The van der Waals surface area contributed by atoms with Crippen molar-refractivity contribution in [3.8, 4) is 0 Å². The van der Waals surface area contributed by atoms with Crippen molar-refractivity contribution in [3.63, 3.8) is 0 Å². The summed E-state index contributed by atoms with van der Waals surface area (Å²) in [7, 11) is 7.98. The number of hydrogen-bond donors (Lipinski definition) is 2. The van der Waals surface area contributed by atoms with Gasteiger partial charge in [0.1, 0.15) is 0 Å². The second-order valence-corrected chi connectivity index (χ2v) is 5.91. The van der Waals surface area contributed by atoms with Crippen LogP contribution < -0.4 is 20.9 Å². The highest BCUT2D eigenvalue weighted by Crippen LogP contribution is 2.25. The third kappa shape index (κ3) is 4.16. The van der Waals surface area contributed by atoms with E-state index < -0.39 is 6.03 Å². The van der Waals surface area contributed by atoms with Gasteiger partial charge in [-0.2, -0.15) is 0 Å². The van der Waals surface area contributed by atoms with E-state index in [4.69, 9.17) is 5.73 Å². The Morgan fingerprint density at radius 2 is 1.17 bits per heavy atom. The highest BCUT2D eigenvalue weighted by Gasteiger charge is 2.16. The largest absolute Gasteiger partial charge is 0.378 e. The number of carbonyl (C=O) groups is 1. The van der Waals surface area contributed by atoms with Gasteiger partial charge in [-0.25, -0.2) is 4.79 Å². The fourth-order valence-electron chi connectivity index (χ4n) is 2.43. The second kappa shape index (κ2) is 7.05.